The van der Waals surface area contributed by atoms with Gasteiger partial charge in [-0.1, -0.05) is 23.5 Å². The Balaban J connectivity index is 3.07. The number of nitrogens with zero attached hydrogens (tertiary/aromatic N) is 1. The Morgan fingerprint density at radius 1 is 1.50 bits per heavy atom. The van der Waals surface area contributed by atoms with Gasteiger partial charge in [-0.2, -0.15) is 10.6 Å². The van der Waals surface area contributed by atoms with E-state index in [2.05, 4.69) is 12.0 Å². The van der Waals surface area contributed by atoms with Crippen molar-refractivity contribution in [1.29, 1.82) is 0 Å². The predicted molar refractivity (Wildman–Crippen MR) is 59.1 cm³/mol. The smallest absolute Gasteiger partial charge is 0.203 e. The Morgan fingerprint density at radius 2 is 2.25 bits per heavy atom. The Morgan fingerprint density at radius 3 is 2.83 bits per heavy atom. The van der Waals surface area contributed by atoms with Gasteiger partial charge in [-0.05, 0) is 0 Å². The van der Waals surface area contributed by atoms with Gasteiger partial charge in [-0.3, -0.25) is 0 Å². The van der Waals surface area contributed by atoms with Gasteiger partial charge in [0.25, 0.3) is 0 Å². The second-order valence-electron chi connectivity index (χ2n) is 2.10. The summed E-state index contributed by atoms with van der Waals surface area (Å²) in [6.45, 7) is 4.54. The van der Waals surface area contributed by atoms with Crippen LogP contribution in [-0.2, 0) is 4.74 Å². The molecule has 0 aromatic carbocycles. The fourth-order valence-electron chi connectivity index (χ4n) is 0.413. The third-order valence-electron chi connectivity index (χ3n) is 0.773. The second-order valence-corrected chi connectivity index (χ2v) is 4.52. The van der Waals surface area contributed by atoms with E-state index in [4.69, 9.17) is 4.74 Å². The molecule has 0 N–H and O–H groups in total. The number of rotatable bonds is 5. The molecule has 0 aliphatic rings. The summed E-state index contributed by atoms with van der Waals surface area (Å²) in [5, 5.41) is 0. The molecule has 0 atom stereocenters. The van der Waals surface area contributed by atoms with E-state index in [1.165, 1.54) is 0 Å². The molecule has 0 spiro atoms. The van der Waals surface area contributed by atoms with E-state index in [9.17, 15) is 0 Å². The lowest BCUT2D eigenvalue weighted by Gasteiger charge is -1.99. The standard InChI is InChI=1S/C7H13BNOS2/c1-8-12-11-7-10-6-4-5-9(2)3/h6-7H2,1-3H3. The number of hydrogen-bond donors (Lipinski definition) is 0. The highest BCUT2D eigenvalue weighted by molar-refractivity contribution is 8.85. The van der Waals surface area contributed by atoms with E-state index in [0.29, 0.717) is 12.5 Å². The first-order chi connectivity index (χ1) is 5.77. The SMILES string of the molecule is C[B]SSCOCC#CN(C)C. The van der Waals surface area contributed by atoms with Gasteiger partial charge in [0.05, 0.1) is 0 Å². The summed E-state index contributed by atoms with van der Waals surface area (Å²) in [4.78, 5) is 1.81. The molecule has 0 unspecified atom stereocenters. The van der Waals surface area contributed by atoms with Crippen LogP contribution in [0.25, 0.3) is 0 Å². The van der Waals surface area contributed by atoms with Crippen molar-refractivity contribution in [3.05, 3.63) is 0 Å². The minimum atomic E-state index is 0.509. The maximum atomic E-state index is 5.21. The molecule has 0 bridgehead atoms. The van der Waals surface area contributed by atoms with Gasteiger partial charge in [0.2, 0.25) is 6.56 Å². The van der Waals surface area contributed by atoms with E-state index in [-0.39, 0.29) is 0 Å². The predicted octanol–water partition coefficient (Wildman–Crippen LogP) is 1.53. The molecule has 0 saturated carbocycles. The minimum Gasteiger partial charge on any atom is -0.357 e. The van der Waals surface area contributed by atoms with Gasteiger partial charge in [-0.25, -0.2) is 0 Å². The molecule has 0 aromatic rings. The molecule has 1 radical (unpaired) electrons. The van der Waals surface area contributed by atoms with Crippen LogP contribution in [-0.4, -0.2) is 38.1 Å². The lowest BCUT2D eigenvalue weighted by Crippen LogP contribution is -2.02. The zero-order valence-electron chi connectivity index (χ0n) is 7.66. The van der Waals surface area contributed by atoms with Crippen LogP contribution in [0.4, 0.5) is 0 Å². The molecule has 2 nitrogen and oxygen atoms in total. The Labute approximate surface area is 83.3 Å². The average molecular weight is 202 g/mol. The molecule has 12 heavy (non-hydrogen) atoms. The van der Waals surface area contributed by atoms with Crippen molar-refractivity contribution >= 4 is 28.0 Å². The Kier molecular flexibility index (Phi) is 9.24. The fraction of sp³-hybridized carbons (Fsp3) is 0.714. The molecule has 0 amide bonds. The van der Waals surface area contributed by atoms with Crippen LogP contribution < -0.4 is 0 Å². The highest BCUT2D eigenvalue weighted by Crippen LogP contribution is 2.18. The molecule has 0 saturated heterocycles. The number of ether oxygens (including phenoxy) is 1. The van der Waals surface area contributed by atoms with Crippen molar-refractivity contribution < 1.29 is 4.74 Å². The van der Waals surface area contributed by atoms with Gasteiger partial charge in [-0.15, -0.1) is 0 Å². The molecular formula is C7H13BNOS2. The zero-order chi connectivity index (χ0) is 9.23. The third-order valence-corrected chi connectivity index (χ3v) is 2.64. The molecule has 0 heterocycles. The molecular weight excluding hydrogens is 189 g/mol. The molecule has 5 heteroatoms. The maximum absolute atomic E-state index is 5.21. The average Bonchev–Trinajstić information content (AvgIpc) is 2.02. The summed E-state index contributed by atoms with van der Waals surface area (Å²) in [5.74, 6) is 3.57. The van der Waals surface area contributed by atoms with Crippen molar-refractivity contribution in [3.8, 4) is 12.0 Å². The van der Waals surface area contributed by atoms with Crippen molar-refractivity contribution in [1.82, 2.24) is 4.90 Å². The molecule has 0 aromatic heterocycles. The van der Waals surface area contributed by atoms with Crippen molar-refractivity contribution in [3.63, 3.8) is 0 Å². The summed E-state index contributed by atoms with van der Waals surface area (Å²) in [5.41, 5.74) is 0. The summed E-state index contributed by atoms with van der Waals surface area (Å²) in [6.07, 6.45) is 0. The van der Waals surface area contributed by atoms with Crippen LogP contribution in [0.5, 0.6) is 0 Å². The van der Waals surface area contributed by atoms with E-state index in [1.807, 2.05) is 32.4 Å². The molecule has 0 aliphatic heterocycles. The van der Waals surface area contributed by atoms with Crippen molar-refractivity contribution in [2.45, 2.75) is 6.82 Å². The summed E-state index contributed by atoms with van der Waals surface area (Å²) >= 11 is 0. The molecule has 0 fully saturated rings. The van der Waals surface area contributed by atoms with Crippen LogP contribution in [0.15, 0.2) is 0 Å². The largest absolute Gasteiger partial charge is 0.357 e. The highest BCUT2D eigenvalue weighted by atomic mass is 33.1. The third kappa shape index (κ3) is 10.1. The van der Waals surface area contributed by atoms with Gasteiger partial charge < -0.3 is 9.64 Å². The molecule has 0 rings (SSSR count). The van der Waals surface area contributed by atoms with Crippen LogP contribution in [0.3, 0.4) is 0 Å². The monoisotopic (exact) mass is 202 g/mol. The topological polar surface area (TPSA) is 12.5 Å². The summed E-state index contributed by atoms with van der Waals surface area (Å²) in [7, 11) is 7.16. The van der Waals surface area contributed by atoms with Crippen LogP contribution in [0.2, 0.25) is 6.82 Å². The van der Waals surface area contributed by atoms with E-state index >= 15 is 0 Å². The van der Waals surface area contributed by atoms with Crippen LogP contribution >= 0.6 is 21.4 Å². The normalized spacial score (nSPS) is 8.58. The van der Waals surface area contributed by atoms with Crippen LogP contribution in [0, 0.1) is 12.0 Å². The summed E-state index contributed by atoms with van der Waals surface area (Å²) < 4.78 is 5.21. The van der Waals surface area contributed by atoms with Gasteiger partial charge in [0, 0.05) is 20.1 Å². The van der Waals surface area contributed by atoms with Gasteiger partial charge in [0.15, 0.2) is 0 Å². The van der Waals surface area contributed by atoms with Crippen molar-refractivity contribution in [2.75, 3.05) is 26.6 Å². The first kappa shape index (κ1) is 12.1. The Bertz CT molecular complexity index is 155. The van der Waals surface area contributed by atoms with Gasteiger partial charge in [0.1, 0.15) is 12.5 Å². The Hall–Kier alpha value is 0.0849. The quantitative estimate of drug-likeness (QED) is 0.167. The van der Waals surface area contributed by atoms with E-state index in [1.54, 1.807) is 21.4 Å². The summed E-state index contributed by atoms with van der Waals surface area (Å²) in [6, 6.07) is 2.87. The zero-order valence-corrected chi connectivity index (χ0v) is 9.30. The van der Waals surface area contributed by atoms with E-state index < -0.39 is 0 Å². The van der Waals surface area contributed by atoms with Crippen LogP contribution in [0.1, 0.15) is 0 Å². The van der Waals surface area contributed by atoms with Crippen molar-refractivity contribution in [2.24, 2.45) is 0 Å². The highest BCUT2D eigenvalue weighted by Gasteiger charge is 1.86. The fourth-order valence-corrected chi connectivity index (χ4v) is 1.53. The first-order valence-electron chi connectivity index (χ1n) is 3.57. The first-order valence-corrected chi connectivity index (χ1v) is 5.95. The lowest BCUT2D eigenvalue weighted by atomic mass is 10.2. The maximum Gasteiger partial charge on any atom is 0.203 e. The molecule has 67 valence electrons. The van der Waals surface area contributed by atoms with E-state index in [0.717, 1.165) is 0 Å². The molecule has 0 aliphatic carbocycles. The minimum absolute atomic E-state index is 0.509. The number of hydrogen-bond acceptors (Lipinski definition) is 4. The second kappa shape index (κ2) is 9.18. The lowest BCUT2D eigenvalue weighted by molar-refractivity contribution is 0.223. The van der Waals surface area contributed by atoms with Gasteiger partial charge >= 0.3 is 0 Å².